The predicted octanol–water partition coefficient (Wildman–Crippen LogP) is 10.4. The van der Waals surface area contributed by atoms with E-state index in [1.165, 1.54) is 0 Å². The fraction of sp³-hybridized carbons (Fsp3) is 0. The highest BCUT2D eigenvalue weighted by Crippen LogP contribution is 2.33. The standard InChI is InChI=1S/C42H30N4/c1-5-13-33(14-6-1)39-29-41(45(43-39)37-17-9-3-10-18-37)35-25-21-31(22-26-35)32-23-27-36(28-24-32)42-30-40(34-15-7-2-8-16-34)44-46(42)38-19-11-4-12-20-38/h1-30H. The van der Waals surface area contributed by atoms with Crippen LogP contribution in [0.25, 0.3) is 67.5 Å². The van der Waals surface area contributed by atoms with Gasteiger partial charge in [-0.3, -0.25) is 0 Å². The van der Waals surface area contributed by atoms with Crippen molar-refractivity contribution in [2.24, 2.45) is 0 Å². The van der Waals surface area contributed by atoms with Crippen molar-refractivity contribution in [2.45, 2.75) is 0 Å². The molecule has 0 spiro atoms. The molecule has 0 fully saturated rings. The average Bonchev–Trinajstić information content (AvgIpc) is 3.80. The molecule has 0 saturated heterocycles. The maximum Gasteiger partial charge on any atom is 0.0934 e. The van der Waals surface area contributed by atoms with Crippen LogP contribution in [-0.4, -0.2) is 19.6 Å². The topological polar surface area (TPSA) is 35.6 Å². The van der Waals surface area contributed by atoms with Crippen molar-refractivity contribution in [3.8, 4) is 67.5 Å². The van der Waals surface area contributed by atoms with Crippen molar-refractivity contribution in [3.63, 3.8) is 0 Å². The summed E-state index contributed by atoms with van der Waals surface area (Å²) < 4.78 is 4.07. The summed E-state index contributed by atoms with van der Waals surface area (Å²) in [5.41, 5.74) is 12.8. The molecule has 0 amide bonds. The molecule has 0 aliphatic carbocycles. The van der Waals surface area contributed by atoms with Crippen LogP contribution in [0, 0.1) is 0 Å². The van der Waals surface area contributed by atoms with Crippen molar-refractivity contribution in [1.29, 1.82) is 0 Å². The van der Waals surface area contributed by atoms with Crippen LogP contribution in [0.2, 0.25) is 0 Å². The van der Waals surface area contributed by atoms with E-state index < -0.39 is 0 Å². The number of hydrogen-bond donors (Lipinski definition) is 0. The molecule has 0 atom stereocenters. The van der Waals surface area contributed by atoms with E-state index in [4.69, 9.17) is 10.2 Å². The molecule has 0 saturated carbocycles. The molecule has 2 aromatic heterocycles. The van der Waals surface area contributed by atoms with Crippen LogP contribution in [0.5, 0.6) is 0 Å². The summed E-state index contributed by atoms with van der Waals surface area (Å²) in [5, 5.41) is 10.0. The fourth-order valence-electron chi connectivity index (χ4n) is 5.87. The van der Waals surface area contributed by atoms with Crippen LogP contribution < -0.4 is 0 Å². The Bertz CT molecular complexity index is 2040. The van der Waals surface area contributed by atoms with Gasteiger partial charge >= 0.3 is 0 Å². The normalized spacial score (nSPS) is 11.0. The average molecular weight is 591 g/mol. The second-order valence-electron chi connectivity index (χ2n) is 11.2. The third-order valence-electron chi connectivity index (χ3n) is 8.25. The molecule has 0 unspecified atom stereocenters. The van der Waals surface area contributed by atoms with Crippen LogP contribution in [0.4, 0.5) is 0 Å². The minimum absolute atomic E-state index is 0.948. The summed E-state index contributed by atoms with van der Waals surface area (Å²) in [7, 11) is 0. The van der Waals surface area contributed by atoms with Gasteiger partial charge in [0.05, 0.1) is 34.2 Å². The molecule has 8 aromatic rings. The molecule has 0 aliphatic rings. The number of rotatable bonds is 7. The van der Waals surface area contributed by atoms with Gasteiger partial charge in [0.1, 0.15) is 0 Å². The van der Waals surface area contributed by atoms with Crippen molar-refractivity contribution in [1.82, 2.24) is 19.6 Å². The van der Waals surface area contributed by atoms with Crippen molar-refractivity contribution in [2.75, 3.05) is 0 Å². The molecule has 0 aliphatic heterocycles. The van der Waals surface area contributed by atoms with E-state index in [2.05, 4.69) is 109 Å². The highest BCUT2D eigenvalue weighted by molar-refractivity contribution is 5.76. The molecule has 2 heterocycles. The number of aromatic nitrogens is 4. The Morgan fingerprint density at radius 3 is 0.935 bits per heavy atom. The van der Waals surface area contributed by atoms with Gasteiger partial charge in [-0.2, -0.15) is 10.2 Å². The number of benzene rings is 6. The largest absolute Gasteiger partial charge is 0.232 e. The summed E-state index contributed by atoms with van der Waals surface area (Å²) >= 11 is 0. The molecule has 0 radical (unpaired) electrons. The van der Waals surface area contributed by atoms with Gasteiger partial charge < -0.3 is 0 Å². The zero-order valence-corrected chi connectivity index (χ0v) is 25.1. The van der Waals surface area contributed by atoms with Crippen LogP contribution in [0.15, 0.2) is 182 Å². The van der Waals surface area contributed by atoms with Crippen molar-refractivity contribution in [3.05, 3.63) is 182 Å². The first-order chi connectivity index (χ1) is 22.8. The molecule has 0 N–H and O–H groups in total. The Labute approximate surface area is 268 Å². The molecule has 46 heavy (non-hydrogen) atoms. The van der Waals surface area contributed by atoms with Gasteiger partial charge in [-0.1, -0.05) is 146 Å². The lowest BCUT2D eigenvalue weighted by atomic mass is 10.00. The zero-order chi connectivity index (χ0) is 30.7. The van der Waals surface area contributed by atoms with E-state index >= 15 is 0 Å². The maximum atomic E-state index is 5.01. The number of nitrogens with zero attached hydrogens (tertiary/aromatic N) is 4. The first-order valence-corrected chi connectivity index (χ1v) is 15.4. The molecule has 0 bridgehead atoms. The maximum absolute atomic E-state index is 5.01. The van der Waals surface area contributed by atoms with Gasteiger partial charge in [-0.15, -0.1) is 0 Å². The Morgan fingerprint density at radius 2 is 0.587 bits per heavy atom. The van der Waals surface area contributed by atoms with E-state index in [1.807, 2.05) is 82.2 Å². The smallest absolute Gasteiger partial charge is 0.0934 e. The molecule has 8 rings (SSSR count). The Kier molecular flexibility index (Phi) is 7.14. The van der Waals surface area contributed by atoms with Crippen LogP contribution >= 0.6 is 0 Å². The van der Waals surface area contributed by atoms with E-state index in [1.54, 1.807) is 0 Å². The molecular weight excluding hydrogens is 560 g/mol. The SMILES string of the molecule is c1ccc(-c2cc(-c3ccc(-c4ccc(-c5cc(-c6ccccc6)nn5-c5ccccc5)cc4)cc3)n(-c3ccccc3)n2)cc1. The van der Waals surface area contributed by atoms with Gasteiger partial charge in [-0.25, -0.2) is 9.36 Å². The second-order valence-corrected chi connectivity index (χ2v) is 11.2. The molecule has 6 aromatic carbocycles. The van der Waals surface area contributed by atoms with Crippen LogP contribution in [0.1, 0.15) is 0 Å². The number of hydrogen-bond acceptors (Lipinski definition) is 2. The third kappa shape index (κ3) is 5.33. The summed E-state index contributed by atoms with van der Waals surface area (Å²) in [6, 6.07) is 63.1. The van der Waals surface area contributed by atoms with Crippen LogP contribution in [-0.2, 0) is 0 Å². The van der Waals surface area contributed by atoms with Crippen LogP contribution in [0.3, 0.4) is 0 Å². The fourth-order valence-corrected chi connectivity index (χ4v) is 5.87. The monoisotopic (exact) mass is 590 g/mol. The van der Waals surface area contributed by atoms with Gasteiger partial charge in [0.25, 0.3) is 0 Å². The van der Waals surface area contributed by atoms with E-state index in [9.17, 15) is 0 Å². The molecule has 4 heteroatoms. The van der Waals surface area contributed by atoms with E-state index in [-0.39, 0.29) is 0 Å². The molecule has 218 valence electrons. The predicted molar refractivity (Wildman–Crippen MR) is 188 cm³/mol. The first kappa shape index (κ1) is 27.3. The summed E-state index contributed by atoms with van der Waals surface area (Å²) in [5.74, 6) is 0. The highest BCUT2D eigenvalue weighted by atomic mass is 15.3. The summed E-state index contributed by atoms with van der Waals surface area (Å²) in [6.07, 6.45) is 0. The zero-order valence-electron chi connectivity index (χ0n) is 25.1. The van der Waals surface area contributed by atoms with Gasteiger partial charge in [0, 0.05) is 22.3 Å². The molecular formula is C42H30N4. The lowest BCUT2D eigenvalue weighted by molar-refractivity contribution is 0.892. The minimum Gasteiger partial charge on any atom is -0.232 e. The first-order valence-electron chi connectivity index (χ1n) is 15.4. The Balaban J connectivity index is 1.12. The van der Waals surface area contributed by atoms with E-state index in [0.29, 0.717) is 0 Å². The highest BCUT2D eigenvalue weighted by Gasteiger charge is 2.15. The quantitative estimate of drug-likeness (QED) is 0.185. The number of para-hydroxylation sites is 2. The van der Waals surface area contributed by atoms with Gasteiger partial charge in [0.2, 0.25) is 0 Å². The summed E-state index contributed by atoms with van der Waals surface area (Å²) in [4.78, 5) is 0. The summed E-state index contributed by atoms with van der Waals surface area (Å²) in [6.45, 7) is 0. The van der Waals surface area contributed by atoms with Crippen molar-refractivity contribution >= 4 is 0 Å². The Morgan fingerprint density at radius 1 is 0.283 bits per heavy atom. The lowest BCUT2D eigenvalue weighted by Gasteiger charge is -2.10. The van der Waals surface area contributed by atoms with Gasteiger partial charge in [0.15, 0.2) is 0 Å². The molecule has 4 nitrogen and oxygen atoms in total. The van der Waals surface area contributed by atoms with Gasteiger partial charge in [-0.05, 0) is 47.5 Å². The second kappa shape index (κ2) is 12.0. The minimum atomic E-state index is 0.948. The van der Waals surface area contributed by atoms with E-state index in [0.717, 1.165) is 67.5 Å². The Hall–Kier alpha value is -6.26. The third-order valence-corrected chi connectivity index (χ3v) is 8.25. The lowest BCUT2D eigenvalue weighted by Crippen LogP contribution is -1.99. The van der Waals surface area contributed by atoms with Crippen molar-refractivity contribution < 1.29 is 0 Å².